The van der Waals surface area contributed by atoms with Crippen LogP contribution in [0.3, 0.4) is 0 Å². The Morgan fingerprint density at radius 3 is 2.33 bits per heavy atom. The van der Waals surface area contributed by atoms with Gasteiger partial charge in [0.25, 0.3) is 0 Å². The molecule has 0 bridgehead atoms. The number of nitrogens with zero attached hydrogens (tertiary/aromatic N) is 1. The molecule has 0 radical (unpaired) electrons. The van der Waals surface area contributed by atoms with Crippen LogP contribution in [0.5, 0.6) is 0 Å². The Hall–Kier alpha value is -1.40. The Kier molecular flexibility index (Phi) is 5.36. The number of piperidine rings is 1. The van der Waals surface area contributed by atoms with Gasteiger partial charge in [-0.1, -0.05) is 18.6 Å². The number of sulfonamides is 1. The van der Waals surface area contributed by atoms with Gasteiger partial charge in [0.1, 0.15) is 0 Å². The molecule has 0 amide bonds. The summed E-state index contributed by atoms with van der Waals surface area (Å²) >= 11 is 0. The van der Waals surface area contributed by atoms with Crippen molar-refractivity contribution in [3.05, 3.63) is 29.8 Å². The second-order valence-corrected chi connectivity index (χ2v) is 7.03. The van der Waals surface area contributed by atoms with E-state index in [4.69, 9.17) is 4.74 Å². The molecular weight excluding hydrogens is 290 g/mol. The molecule has 0 spiro atoms. The quantitative estimate of drug-likeness (QED) is 0.780. The van der Waals surface area contributed by atoms with Crippen LogP contribution in [0.4, 0.5) is 0 Å². The summed E-state index contributed by atoms with van der Waals surface area (Å²) in [7, 11) is -3.40. The first-order valence-electron chi connectivity index (χ1n) is 7.28. The van der Waals surface area contributed by atoms with Crippen LogP contribution in [-0.4, -0.2) is 38.4 Å². The molecule has 2 rings (SSSR count). The van der Waals surface area contributed by atoms with Crippen molar-refractivity contribution in [2.75, 3.05) is 19.7 Å². The van der Waals surface area contributed by atoms with Crippen molar-refractivity contribution in [1.29, 1.82) is 0 Å². The highest BCUT2D eigenvalue weighted by Gasteiger charge is 2.25. The van der Waals surface area contributed by atoms with Gasteiger partial charge in [-0.3, -0.25) is 4.79 Å². The summed E-state index contributed by atoms with van der Waals surface area (Å²) in [6.45, 7) is 3.28. The fraction of sp³-hybridized carbons (Fsp3) is 0.533. The van der Waals surface area contributed by atoms with E-state index in [1.807, 2.05) is 0 Å². The number of benzene rings is 1. The lowest BCUT2D eigenvalue weighted by molar-refractivity contribution is -0.142. The summed E-state index contributed by atoms with van der Waals surface area (Å²) in [4.78, 5) is 11.7. The Bertz CT molecular complexity index is 574. The second kappa shape index (κ2) is 7.04. The summed E-state index contributed by atoms with van der Waals surface area (Å²) < 4.78 is 31.3. The van der Waals surface area contributed by atoms with Gasteiger partial charge in [0.05, 0.1) is 17.9 Å². The molecule has 6 heteroatoms. The molecule has 1 fully saturated rings. The minimum atomic E-state index is -3.40. The van der Waals surface area contributed by atoms with Gasteiger partial charge in [-0.25, -0.2) is 8.42 Å². The molecular formula is C15H21NO4S. The van der Waals surface area contributed by atoms with Crippen molar-refractivity contribution in [3.63, 3.8) is 0 Å². The van der Waals surface area contributed by atoms with E-state index in [1.54, 1.807) is 31.2 Å². The first kappa shape index (κ1) is 16.0. The van der Waals surface area contributed by atoms with Gasteiger partial charge in [0.15, 0.2) is 0 Å². The Morgan fingerprint density at radius 2 is 1.76 bits per heavy atom. The maximum Gasteiger partial charge on any atom is 0.310 e. The highest BCUT2D eigenvalue weighted by molar-refractivity contribution is 7.89. The lowest BCUT2D eigenvalue weighted by atomic mass is 10.1. The lowest BCUT2D eigenvalue weighted by Crippen LogP contribution is -2.35. The van der Waals surface area contributed by atoms with Crippen LogP contribution in [0.2, 0.25) is 0 Å². The fourth-order valence-electron chi connectivity index (χ4n) is 2.41. The van der Waals surface area contributed by atoms with Crippen LogP contribution >= 0.6 is 0 Å². The predicted octanol–water partition coefficient (Wildman–Crippen LogP) is 1.97. The SMILES string of the molecule is CCOC(=O)Cc1ccc(S(=O)(=O)N2CCCCC2)cc1. The van der Waals surface area contributed by atoms with E-state index in [-0.39, 0.29) is 17.3 Å². The summed E-state index contributed by atoms with van der Waals surface area (Å²) in [6.07, 6.45) is 3.09. The highest BCUT2D eigenvalue weighted by Crippen LogP contribution is 2.21. The van der Waals surface area contributed by atoms with Crippen LogP contribution in [0.15, 0.2) is 29.2 Å². The van der Waals surface area contributed by atoms with Crippen molar-refractivity contribution in [3.8, 4) is 0 Å². The molecule has 0 saturated carbocycles. The van der Waals surface area contributed by atoms with E-state index in [2.05, 4.69) is 0 Å². The maximum atomic E-state index is 12.5. The molecule has 0 aliphatic carbocycles. The standard InChI is InChI=1S/C15H21NO4S/c1-2-20-15(17)12-13-6-8-14(9-7-13)21(18,19)16-10-4-3-5-11-16/h6-9H,2-5,10-12H2,1H3. The van der Waals surface area contributed by atoms with Crippen LogP contribution in [-0.2, 0) is 26.0 Å². The molecule has 1 aliphatic rings. The monoisotopic (exact) mass is 311 g/mol. The van der Waals surface area contributed by atoms with E-state index in [9.17, 15) is 13.2 Å². The molecule has 1 aliphatic heterocycles. The number of esters is 1. The third-order valence-electron chi connectivity index (χ3n) is 3.53. The second-order valence-electron chi connectivity index (χ2n) is 5.09. The van der Waals surface area contributed by atoms with E-state index in [0.29, 0.717) is 19.7 Å². The average molecular weight is 311 g/mol. The third kappa shape index (κ3) is 4.04. The molecule has 21 heavy (non-hydrogen) atoms. The molecule has 1 saturated heterocycles. The zero-order chi connectivity index (χ0) is 15.3. The first-order chi connectivity index (χ1) is 10.0. The van der Waals surface area contributed by atoms with Crippen LogP contribution < -0.4 is 0 Å². The summed E-state index contributed by atoms with van der Waals surface area (Å²) in [5.74, 6) is -0.302. The highest BCUT2D eigenvalue weighted by atomic mass is 32.2. The molecule has 1 aromatic carbocycles. The molecule has 1 aromatic rings. The van der Waals surface area contributed by atoms with E-state index < -0.39 is 10.0 Å². The zero-order valence-electron chi connectivity index (χ0n) is 12.2. The number of rotatable bonds is 5. The molecule has 0 N–H and O–H groups in total. The Balaban J connectivity index is 2.09. The number of hydrogen-bond acceptors (Lipinski definition) is 4. The summed E-state index contributed by atoms with van der Waals surface area (Å²) in [5.41, 5.74) is 0.756. The molecule has 1 heterocycles. The van der Waals surface area contributed by atoms with Crippen molar-refractivity contribution >= 4 is 16.0 Å². The average Bonchev–Trinajstić information content (AvgIpc) is 2.49. The molecule has 0 unspecified atom stereocenters. The summed E-state index contributed by atoms with van der Waals surface area (Å²) in [5, 5.41) is 0. The van der Waals surface area contributed by atoms with Gasteiger partial charge in [-0.15, -0.1) is 0 Å². The van der Waals surface area contributed by atoms with Gasteiger partial charge in [0, 0.05) is 13.1 Å². The van der Waals surface area contributed by atoms with Crippen molar-refractivity contribution in [2.45, 2.75) is 37.5 Å². The fourth-order valence-corrected chi connectivity index (χ4v) is 3.93. The van der Waals surface area contributed by atoms with Gasteiger partial charge in [0.2, 0.25) is 10.0 Å². The van der Waals surface area contributed by atoms with Gasteiger partial charge < -0.3 is 4.74 Å². The van der Waals surface area contributed by atoms with E-state index in [1.165, 1.54) is 4.31 Å². The molecule has 0 atom stereocenters. The molecule has 0 aromatic heterocycles. The summed E-state index contributed by atoms with van der Waals surface area (Å²) in [6, 6.07) is 6.48. The minimum absolute atomic E-state index is 0.165. The van der Waals surface area contributed by atoms with E-state index >= 15 is 0 Å². The number of ether oxygens (including phenoxy) is 1. The number of hydrogen-bond donors (Lipinski definition) is 0. The zero-order valence-corrected chi connectivity index (χ0v) is 13.1. The largest absolute Gasteiger partial charge is 0.466 e. The topological polar surface area (TPSA) is 63.7 Å². The van der Waals surface area contributed by atoms with Gasteiger partial charge in [-0.2, -0.15) is 4.31 Å². The smallest absolute Gasteiger partial charge is 0.310 e. The van der Waals surface area contributed by atoms with Crippen molar-refractivity contribution < 1.29 is 17.9 Å². The van der Waals surface area contributed by atoms with Crippen LogP contribution in [0.25, 0.3) is 0 Å². The number of carbonyl (C=O) groups is 1. The van der Waals surface area contributed by atoms with Gasteiger partial charge in [-0.05, 0) is 37.5 Å². The van der Waals surface area contributed by atoms with Crippen molar-refractivity contribution in [2.24, 2.45) is 0 Å². The van der Waals surface area contributed by atoms with Gasteiger partial charge >= 0.3 is 5.97 Å². The first-order valence-corrected chi connectivity index (χ1v) is 8.73. The maximum absolute atomic E-state index is 12.5. The third-order valence-corrected chi connectivity index (χ3v) is 5.44. The Morgan fingerprint density at radius 1 is 1.14 bits per heavy atom. The van der Waals surface area contributed by atoms with Crippen molar-refractivity contribution in [1.82, 2.24) is 4.31 Å². The normalized spacial score (nSPS) is 16.6. The van der Waals surface area contributed by atoms with Crippen LogP contribution in [0.1, 0.15) is 31.7 Å². The van der Waals surface area contributed by atoms with Crippen LogP contribution in [0, 0.1) is 0 Å². The number of carbonyl (C=O) groups excluding carboxylic acids is 1. The minimum Gasteiger partial charge on any atom is -0.466 e. The lowest BCUT2D eigenvalue weighted by Gasteiger charge is -2.25. The van der Waals surface area contributed by atoms with E-state index in [0.717, 1.165) is 24.8 Å². The Labute approximate surface area is 126 Å². The molecule has 5 nitrogen and oxygen atoms in total. The molecule has 116 valence electrons. The predicted molar refractivity (Wildman–Crippen MR) is 79.4 cm³/mol.